The number of nitrogens with zero attached hydrogens (tertiary/aromatic N) is 1. The van der Waals surface area contributed by atoms with E-state index >= 15 is 0 Å². The van der Waals surface area contributed by atoms with Crippen LogP contribution in [0.4, 0.5) is 4.79 Å². The van der Waals surface area contributed by atoms with E-state index in [9.17, 15) is 24.3 Å². The molecule has 0 aromatic heterocycles. The summed E-state index contributed by atoms with van der Waals surface area (Å²) >= 11 is 0. The molecule has 0 aliphatic carbocycles. The van der Waals surface area contributed by atoms with E-state index in [0.717, 1.165) is 5.56 Å². The lowest BCUT2D eigenvalue weighted by molar-refractivity contribution is -0.145. The van der Waals surface area contributed by atoms with E-state index in [4.69, 9.17) is 10.5 Å². The standard InChI is InChI=1S/C23H31N3O7/c1-23(2,3)33-22(31)26-17(11-12-7-5-6-8-14(12)18(26)20(28)29)16-10-13(19(27)25-16)9-15(24)21(30)32-4/h5-8,13,15-18H,9-11,24H2,1-4H3,(H,25,27)(H,28,29)/t13-,15+,16?,17?,18+/m1/s1. The van der Waals surface area contributed by atoms with Crippen LogP contribution in [0, 0.1) is 5.92 Å². The number of carboxylic acids is 1. The van der Waals surface area contributed by atoms with Crippen molar-refractivity contribution in [2.45, 2.75) is 69.8 Å². The van der Waals surface area contributed by atoms with Gasteiger partial charge in [0.1, 0.15) is 11.6 Å². The monoisotopic (exact) mass is 461 g/mol. The van der Waals surface area contributed by atoms with Gasteiger partial charge in [0.15, 0.2) is 6.04 Å². The molecule has 1 fully saturated rings. The number of ether oxygens (including phenoxy) is 2. The predicted octanol–water partition coefficient (Wildman–Crippen LogP) is 1.37. The fraction of sp³-hybridized carbons (Fsp3) is 0.565. The van der Waals surface area contributed by atoms with Gasteiger partial charge >= 0.3 is 18.0 Å². The van der Waals surface area contributed by atoms with Crippen LogP contribution in [-0.4, -0.2) is 64.8 Å². The van der Waals surface area contributed by atoms with E-state index in [1.807, 2.05) is 12.1 Å². The van der Waals surface area contributed by atoms with Crippen molar-refractivity contribution in [2.24, 2.45) is 11.7 Å². The van der Waals surface area contributed by atoms with Gasteiger partial charge in [-0.15, -0.1) is 0 Å². The summed E-state index contributed by atoms with van der Waals surface area (Å²) in [5, 5.41) is 13.0. The Balaban J connectivity index is 1.94. The van der Waals surface area contributed by atoms with Crippen molar-refractivity contribution >= 4 is 23.9 Å². The average Bonchev–Trinajstić information content (AvgIpc) is 3.10. The van der Waals surface area contributed by atoms with Crippen LogP contribution < -0.4 is 11.1 Å². The Labute approximate surface area is 192 Å². The molecule has 10 heteroatoms. The maximum absolute atomic E-state index is 13.2. The van der Waals surface area contributed by atoms with E-state index in [-0.39, 0.29) is 12.3 Å². The number of amides is 2. The van der Waals surface area contributed by atoms with Gasteiger partial charge in [-0.3, -0.25) is 14.5 Å². The van der Waals surface area contributed by atoms with Crippen LogP contribution in [0.25, 0.3) is 0 Å². The SMILES string of the molecule is COC(=O)[C@@H](N)C[C@@H]1CC(C2Cc3ccccc3[C@@H](C(=O)O)N2C(=O)OC(C)(C)C)NC1=O. The summed E-state index contributed by atoms with van der Waals surface area (Å²) in [6.07, 6.45) is -0.0342. The number of esters is 1. The van der Waals surface area contributed by atoms with Crippen LogP contribution in [0.15, 0.2) is 24.3 Å². The molecule has 5 atom stereocenters. The number of aliphatic carboxylic acids is 1. The van der Waals surface area contributed by atoms with Gasteiger partial charge in [-0.1, -0.05) is 24.3 Å². The number of carboxylic acid groups (broad SMARTS) is 1. The number of carbonyl (C=O) groups excluding carboxylic acids is 3. The zero-order valence-corrected chi connectivity index (χ0v) is 19.2. The molecule has 0 bridgehead atoms. The molecule has 10 nitrogen and oxygen atoms in total. The molecule has 33 heavy (non-hydrogen) atoms. The second kappa shape index (κ2) is 9.38. The molecule has 2 aliphatic rings. The first-order chi connectivity index (χ1) is 15.4. The predicted molar refractivity (Wildman–Crippen MR) is 117 cm³/mol. The highest BCUT2D eigenvalue weighted by Gasteiger charge is 2.49. The molecule has 0 spiro atoms. The molecule has 0 radical (unpaired) electrons. The maximum Gasteiger partial charge on any atom is 0.411 e. The first kappa shape index (κ1) is 24.5. The zero-order chi connectivity index (χ0) is 24.5. The first-order valence-corrected chi connectivity index (χ1v) is 10.9. The fourth-order valence-corrected chi connectivity index (χ4v) is 4.58. The summed E-state index contributed by atoms with van der Waals surface area (Å²) in [6.45, 7) is 5.11. The van der Waals surface area contributed by atoms with Crippen molar-refractivity contribution in [1.82, 2.24) is 10.2 Å². The molecule has 180 valence electrons. The van der Waals surface area contributed by atoms with E-state index in [2.05, 4.69) is 10.1 Å². The largest absolute Gasteiger partial charge is 0.479 e. The highest BCUT2D eigenvalue weighted by molar-refractivity contribution is 5.85. The van der Waals surface area contributed by atoms with Gasteiger partial charge in [0.25, 0.3) is 0 Å². The lowest BCUT2D eigenvalue weighted by Crippen LogP contribution is -2.57. The molecule has 0 saturated carbocycles. The van der Waals surface area contributed by atoms with Gasteiger partial charge in [0.05, 0.1) is 19.2 Å². The third kappa shape index (κ3) is 5.27. The van der Waals surface area contributed by atoms with Crippen molar-refractivity contribution in [2.75, 3.05) is 7.11 Å². The summed E-state index contributed by atoms with van der Waals surface area (Å²) in [6, 6.07) is 3.65. The number of hydrogen-bond acceptors (Lipinski definition) is 7. The number of hydrogen-bond donors (Lipinski definition) is 3. The fourth-order valence-electron chi connectivity index (χ4n) is 4.58. The highest BCUT2D eigenvalue weighted by Crippen LogP contribution is 2.38. The number of carbonyl (C=O) groups is 4. The van der Waals surface area contributed by atoms with Gasteiger partial charge in [-0.05, 0) is 51.2 Å². The highest BCUT2D eigenvalue weighted by atomic mass is 16.6. The Morgan fingerprint density at radius 2 is 1.94 bits per heavy atom. The molecule has 2 amide bonds. The number of nitrogens with one attached hydrogen (secondary N) is 1. The lowest BCUT2D eigenvalue weighted by atomic mass is 9.84. The van der Waals surface area contributed by atoms with Gasteiger partial charge in [0.2, 0.25) is 5.91 Å². The summed E-state index contributed by atoms with van der Waals surface area (Å²) in [5.74, 6) is -2.66. The van der Waals surface area contributed by atoms with E-state index in [1.165, 1.54) is 12.0 Å². The van der Waals surface area contributed by atoms with Crippen LogP contribution in [0.3, 0.4) is 0 Å². The molecule has 4 N–H and O–H groups in total. The summed E-state index contributed by atoms with van der Waals surface area (Å²) in [7, 11) is 1.23. The van der Waals surface area contributed by atoms with Crippen LogP contribution in [-0.2, 0) is 30.3 Å². The normalized spacial score (nSPS) is 25.6. The summed E-state index contributed by atoms with van der Waals surface area (Å²) in [5.41, 5.74) is 6.31. The van der Waals surface area contributed by atoms with Gasteiger partial charge in [-0.2, -0.15) is 0 Å². The van der Waals surface area contributed by atoms with Crippen molar-refractivity contribution in [3.8, 4) is 0 Å². The Bertz CT molecular complexity index is 942. The molecule has 3 rings (SSSR count). The Morgan fingerprint density at radius 1 is 1.27 bits per heavy atom. The Morgan fingerprint density at radius 3 is 2.55 bits per heavy atom. The zero-order valence-electron chi connectivity index (χ0n) is 19.2. The van der Waals surface area contributed by atoms with Crippen LogP contribution in [0.5, 0.6) is 0 Å². The minimum atomic E-state index is -1.26. The third-order valence-corrected chi connectivity index (χ3v) is 6.00. The topological polar surface area (TPSA) is 148 Å². The third-order valence-electron chi connectivity index (χ3n) is 6.00. The van der Waals surface area contributed by atoms with Gasteiger partial charge in [-0.25, -0.2) is 9.59 Å². The second-order valence-electron chi connectivity index (χ2n) is 9.51. The Kier molecular flexibility index (Phi) is 6.97. The lowest BCUT2D eigenvalue weighted by Gasteiger charge is -2.43. The van der Waals surface area contributed by atoms with Crippen molar-refractivity contribution in [3.05, 3.63) is 35.4 Å². The number of benzene rings is 1. The van der Waals surface area contributed by atoms with Crippen molar-refractivity contribution in [3.63, 3.8) is 0 Å². The number of rotatable bonds is 5. The molecular weight excluding hydrogens is 430 g/mol. The molecule has 1 aromatic rings. The minimum Gasteiger partial charge on any atom is -0.479 e. The number of nitrogens with two attached hydrogens (primary N) is 1. The van der Waals surface area contributed by atoms with Crippen LogP contribution in [0.2, 0.25) is 0 Å². The smallest absolute Gasteiger partial charge is 0.411 e. The first-order valence-electron chi connectivity index (χ1n) is 10.9. The minimum absolute atomic E-state index is 0.0904. The van der Waals surface area contributed by atoms with Gasteiger partial charge < -0.3 is 25.6 Å². The summed E-state index contributed by atoms with van der Waals surface area (Å²) in [4.78, 5) is 51.2. The van der Waals surface area contributed by atoms with Crippen LogP contribution in [0.1, 0.15) is 50.8 Å². The summed E-state index contributed by atoms with van der Waals surface area (Å²) < 4.78 is 10.2. The molecule has 1 saturated heterocycles. The van der Waals surface area contributed by atoms with Crippen molar-refractivity contribution in [1.29, 1.82) is 0 Å². The van der Waals surface area contributed by atoms with E-state index in [1.54, 1.807) is 32.9 Å². The molecule has 2 aliphatic heterocycles. The van der Waals surface area contributed by atoms with Gasteiger partial charge in [0, 0.05) is 5.92 Å². The number of methoxy groups -OCH3 is 1. The molecule has 2 heterocycles. The second-order valence-corrected chi connectivity index (χ2v) is 9.51. The maximum atomic E-state index is 13.2. The van der Waals surface area contributed by atoms with Crippen LogP contribution >= 0.6 is 0 Å². The molecule has 2 unspecified atom stereocenters. The van der Waals surface area contributed by atoms with Crippen molar-refractivity contribution < 1.29 is 33.8 Å². The molecular formula is C23H31N3O7. The quantitative estimate of drug-likeness (QED) is 0.557. The Hall–Kier alpha value is -3.14. The number of fused-ring (bicyclic) bond motifs is 1. The average molecular weight is 462 g/mol. The van der Waals surface area contributed by atoms with E-state index < -0.39 is 53.7 Å². The molecule has 1 aromatic carbocycles. The van der Waals surface area contributed by atoms with E-state index in [0.29, 0.717) is 18.4 Å².